The number of ether oxygens (including phenoxy) is 1. The molecule has 3 nitrogen and oxygen atoms in total. The number of hydrogen-bond donors (Lipinski definition) is 1. The van der Waals surface area contributed by atoms with Gasteiger partial charge in [-0.15, -0.1) is 0 Å². The maximum atomic E-state index is 11.3. The second-order valence-electron chi connectivity index (χ2n) is 4.98. The normalized spacial score (nSPS) is 10.5. The molecule has 20 heavy (non-hydrogen) atoms. The minimum absolute atomic E-state index is 0.112. The van der Waals surface area contributed by atoms with Crippen molar-refractivity contribution < 1.29 is 9.53 Å². The van der Waals surface area contributed by atoms with Crippen LogP contribution in [0.1, 0.15) is 44.2 Å². The number of benzene rings is 1. The van der Waals surface area contributed by atoms with Crippen molar-refractivity contribution in [2.24, 2.45) is 0 Å². The summed E-state index contributed by atoms with van der Waals surface area (Å²) < 4.78 is 4.93. The lowest BCUT2D eigenvalue weighted by Gasteiger charge is -2.05. The van der Waals surface area contributed by atoms with Crippen molar-refractivity contribution in [3.8, 4) is 0 Å². The van der Waals surface area contributed by atoms with E-state index in [1.165, 1.54) is 24.0 Å². The van der Waals surface area contributed by atoms with Gasteiger partial charge in [0.15, 0.2) is 0 Å². The summed E-state index contributed by atoms with van der Waals surface area (Å²) in [6, 6.07) is 8.57. The predicted octanol–water partition coefficient (Wildman–Crippen LogP) is 3.11. The highest BCUT2D eigenvalue weighted by molar-refractivity contribution is 5.69. The van der Waals surface area contributed by atoms with Crippen LogP contribution in [0.4, 0.5) is 0 Å². The number of carbonyl (C=O) groups excluding carboxylic acids is 1. The van der Waals surface area contributed by atoms with E-state index in [0.29, 0.717) is 13.0 Å². The number of carbonyl (C=O) groups is 1. The number of aryl methyl sites for hydroxylation is 2. The SMILES string of the molecule is CCCNCCCc1ccc(CCC(=O)OCC)cc1. The fourth-order valence-corrected chi connectivity index (χ4v) is 2.07. The Morgan fingerprint density at radius 3 is 2.30 bits per heavy atom. The number of nitrogens with one attached hydrogen (secondary N) is 1. The molecule has 0 aliphatic carbocycles. The van der Waals surface area contributed by atoms with Crippen LogP contribution in [0.3, 0.4) is 0 Å². The Morgan fingerprint density at radius 1 is 1.05 bits per heavy atom. The standard InChI is InChI=1S/C17H27NO2/c1-3-13-18-14-5-6-15-7-9-16(10-8-15)11-12-17(19)20-4-2/h7-10,18H,3-6,11-14H2,1-2H3. The molecule has 0 radical (unpaired) electrons. The van der Waals surface area contributed by atoms with Crippen molar-refractivity contribution in [3.05, 3.63) is 35.4 Å². The van der Waals surface area contributed by atoms with E-state index >= 15 is 0 Å². The zero-order chi connectivity index (χ0) is 14.6. The van der Waals surface area contributed by atoms with Crippen LogP contribution in [0.15, 0.2) is 24.3 Å². The molecule has 1 aromatic rings. The number of esters is 1. The fourth-order valence-electron chi connectivity index (χ4n) is 2.07. The Hall–Kier alpha value is -1.35. The topological polar surface area (TPSA) is 38.3 Å². The summed E-state index contributed by atoms with van der Waals surface area (Å²) >= 11 is 0. The van der Waals surface area contributed by atoms with Crippen LogP contribution in [0, 0.1) is 0 Å². The molecule has 3 heteroatoms. The monoisotopic (exact) mass is 277 g/mol. The minimum Gasteiger partial charge on any atom is -0.466 e. The first kappa shape index (κ1) is 16.7. The Labute approximate surface area is 122 Å². The van der Waals surface area contributed by atoms with Gasteiger partial charge in [-0.2, -0.15) is 0 Å². The van der Waals surface area contributed by atoms with Crippen molar-refractivity contribution in [2.45, 2.75) is 46.0 Å². The molecule has 1 aromatic carbocycles. The van der Waals surface area contributed by atoms with Crippen molar-refractivity contribution in [2.75, 3.05) is 19.7 Å². The van der Waals surface area contributed by atoms with Gasteiger partial charge in [0.1, 0.15) is 0 Å². The molecular formula is C17H27NO2. The van der Waals surface area contributed by atoms with Gasteiger partial charge in [0, 0.05) is 6.42 Å². The zero-order valence-corrected chi connectivity index (χ0v) is 12.8. The molecule has 1 rings (SSSR count). The summed E-state index contributed by atoms with van der Waals surface area (Å²) in [6.07, 6.45) is 4.69. The smallest absolute Gasteiger partial charge is 0.306 e. The molecule has 0 unspecified atom stereocenters. The molecule has 0 amide bonds. The first-order valence-corrected chi connectivity index (χ1v) is 7.70. The maximum absolute atomic E-state index is 11.3. The molecule has 0 spiro atoms. The molecule has 0 atom stereocenters. The van der Waals surface area contributed by atoms with Crippen LogP contribution in [0.2, 0.25) is 0 Å². The Bertz CT molecular complexity index is 373. The summed E-state index contributed by atoms with van der Waals surface area (Å²) in [5, 5.41) is 3.41. The van der Waals surface area contributed by atoms with Gasteiger partial charge < -0.3 is 10.1 Å². The maximum Gasteiger partial charge on any atom is 0.306 e. The third-order valence-corrected chi connectivity index (χ3v) is 3.19. The lowest BCUT2D eigenvalue weighted by Crippen LogP contribution is -2.16. The van der Waals surface area contributed by atoms with E-state index in [9.17, 15) is 4.79 Å². The lowest BCUT2D eigenvalue weighted by atomic mass is 10.0. The van der Waals surface area contributed by atoms with E-state index < -0.39 is 0 Å². The molecule has 0 aliphatic rings. The Morgan fingerprint density at radius 2 is 1.70 bits per heavy atom. The summed E-state index contributed by atoms with van der Waals surface area (Å²) in [4.78, 5) is 11.3. The third kappa shape index (κ3) is 7.29. The molecule has 0 saturated heterocycles. The first-order chi connectivity index (χ1) is 9.76. The first-order valence-electron chi connectivity index (χ1n) is 7.70. The van der Waals surface area contributed by atoms with Gasteiger partial charge in [-0.05, 0) is 56.8 Å². The van der Waals surface area contributed by atoms with Gasteiger partial charge in [0.25, 0.3) is 0 Å². The second-order valence-corrected chi connectivity index (χ2v) is 4.98. The van der Waals surface area contributed by atoms with Crippen molar-refractivity contribution >= 4 is 5.97 Å². The van der Waals surface area contributed by atoms with E-state index in [0.717, 1.165) is 25.9 Å². The number of rotatable bonds is 10. The molecule has 0 fully saturated rings. The van der Waals surface area contributed by atoms with E-state index in [4.69, 9.17) is 4.74 Å². The van der Waals surface area contributed by atoms with Crippen LogP contribution < -0.4 is 5.32 Å². The molecule has 0 heterocycles. The van der Waals surface area contributed by atoms with Crippen LogP contribution >= 0.6 is 0 Å². The van der Waals surface area contributed by atoms with E-state index in [1.54, 1.807) is 0 Å². The summed E-state index contributed by atoms with van der Waals surface area (Å²) in [5.74, 6) is -0.112. The molecule has 0 aromatic heterocycles. The summed E-state index contributed by atoms with van der Waals surface area (Å²) in [5.41, 5.74) is 2.56. The highest BCUT2D eigenvalue weighted by Crippen LogP contribution is 2.09. The van der Waals surface area contributed by atoms with Crippen LogP contribution in [0.5, 0.6) is 0 Å². The highest BCUT2D eigenvalue weighted by atomic mass is 16.5. The molecule has 112 valence electrons. The molecule has 0 aliphatic heterocycles. The fraction of sp³-hybridized carbons (Fsp3) is 0.588. The Balaban J connectivity index is 2.24. The van der Waals surface area contributed by atoms with Crippen molar-refractivity contribution in [3.63, 3.8) is 0 Å². The van der Waals surface area contributed by atoms with Crippen molar-refractivity contribution in [1.82, 2.24) is 5.32 Å². The van der Waals surface area contributed by atoms with Gasteiger partial charge in [-0.1, -0.05) is 31.2 Å². The van der Waals surface area contributed by atoms with Gasteiger partial charge in [0.05, 0.1) is 6.61 Å². The van der Waals surface area contributed by atoms with Crippen LogP contribution in [0.25, 0.3) is 0 Å². The van der Waals surface area contributed by atoms with Crippen LogP contribution in [-0.2, 0) is 22.4 Å². The average Bonchev–Trinajstić information content (AvgIpc) is 2.46. The minimum atomic E-state index is -0.112. The Kier molecular flexibility index (Phi) is 8.72. The van der Waals surface area contributed by atoms with Gasteiger partial charge >= 0.3 is 5.97 Å². The van der Waals surface area contributed by atoms with E-state index in [1.807, 2.05) is 6.92 Å². The van der Waals surface area contributed by atoms with Crippen LogP contribution in [-0.4, -0.2) is 25.7 Å². The summed E-state index contributed by atoms with van der Waals surface area (Å²) in [7, 11) is 0. The van der Waals surface area contributed by atoms with E-state index in [-0.39, 0.29) is 5.97 Å². The van der Waals surface area contributed by atoms with Gasteiger partial charge in [-0.25, -0.2) is 0 Å². The van der Waals surface area contributed by atoms with Gasteiger partial charge in [-0.3, -0.25) is 4.79 Å². The quantitative estimate of drug-likeness (QED) is 0.527. The zero-order valence-electron chi connectivity index (χ0n) is 12.8. The lowest BCUT2D eigenvalue weighted by molar-refractivity contribution is -0.143. The molecule has 1 N–H and O–H groups in total. The highest BCUT2D eigenvalue weighted by Gasteiger charge is 2.02. The van der Waals surface area contributed by atoms with Crippen molar-refractivity contribution in [1.29, 1.82) is 0 Å². The average molecular weight is 277 g/mol. The molecule has 0 saturated carbocycles. The molecule has 0 bridgehead atoms. The largest absolute Gasteiger partial charge is 0.466 e. The summed E-state index contributed by atoms with van der Waals surface area (Å²) in [6.45, 7) is 6.67. The second kappa shape index (κ2) is 10.4. The predicted molar refractivity (Wildman–Crippen MR) is 82.9 cm³/mol. The van der Waals surface area contributed by atoms with E-state index in [2.05, 4.69) is 36.5 Å². The third-order valence-electron chi connectivity index (χ3n) is 3.19. The van der Waals surface area contributed by atoms with Gasteiger partial charge in [0.2, 0.25) is 0 Å². The number of hydrogen-bond acceptors (Lipinski definition) is 3. The molecular weight excluding hydrogens is 250 g/mol.